The number of halogens is 2. The fraction of sp³-hybridized carbons (Fsp3) is 0.632. The Kier molecular flexibility index (Phi) is 5.88. The van der Waals surface area contributed by atoms with E-state index in [0.29, 0.717) is 6.08 Å². The predicted molar refractivity (Wildman–Crippen MR) is 91.8 cm³/mol. The van der Waals surface area contributed by atoms with Crippen LogP contribution in [0.3, 0.4) is 0 Å². The minimum Gasteiger partial charge on any atom is -0.494 e. The van der Waals surface area contributed by atoms with Gasteiger partial charge in [-0.15, -0.1) is 0 Å². The van der Waals surface area contributed by atoms with Gasteiger partial charge in [-0.1, -0.05) is 0 Å². The third-order valence-corrected chi connectivity index (χ3v) is 5.23. The van der Waals surface area contributed by atoms with Gasteiger partial charge in [0.25, 0.3) is 0 Å². The van der Waals surface area contributed by atoms with Crippen LogP contribution >= 0.6 is 0 Å². The number of ketones is 2. The second-order valence-corrected chi connectivity index (χ2v) is 7.36. The van der Waals surface area contributed by atoms with Crippen LogP contribution in [0.1, 0.15) is 32.6 Å². The summed E-state index contributed by atoms with van der Waals surface area (Å²) < 4.78 is 44.9. The van der Waals surface area contributed by atoms with Crippen LogP contribution in [-0.2, 0) is 28.6 Å². The van der Waals surface area contributed by atoms with Crippen LogP contribution in [0.4, 0.5) is 8.78 Å². The molecular weight excluding hydrogens is 394 g/mol. The Morgan fingerprint density at radius 1 is 1.24 bits per heavy atom. The van der Waals surface area contributed by atoms with Gasteiger partial charge in [0.05, 0.1) is 31.0 Å². The van der Waals surface area contributed by atoms with E-state index in [1.54, 1.807) is 0 Å². The lowest BCUT2D eigenvalue weighted by molar-refractivity contribution is -0.145. The monoisotopic (exact) mass is 416 g/mol. The molecule has 160 valence electrons. The number of allylic oxidation sites excluding steroid dienone is 2. The maximum atomic E-state index is 15.0. The summed E-state index contributed by atoms with van der Waals surface area (Å²) in [6.45, 7) is 1.50. The smallest absolute Gasteiger partial charge is 0.342 e. The molecule has 0 aromatic heterocycles. The zero-order valence-electron chi connectivity index (χ0n) is 15.9. The van der Waals surface area contributed by atoms with Crippen molar-refractivity contribution in [1.29, 1.82) is 0 Å². The fourth-order valence-electron chi connectivity index (χ4n) is 3.59. The number of cyclic esters (lactones) is 1. The van der Waals surface area contributed by atoms with E-state index in [4.69, 9.17) is 9.47 Å². The molecule has 5 atom stereocenters. The maximum absolute atomic E-state index is 15.0. The summed E-state index contributed by atoms with van der Waals surface area (Å²) in [7, 11) is 0.971. The Balaban J connectivity index is 2.01. The second kappa shape index (κ2) is 7.92. The first kappa shape index (κ1) is 21.5. The minimum absolute atomic E-state index is 0.0556. The maximum Gasteiger partial charge on any atom is 0.342 e. The van der Waals surface area contributed by atoms with Gasteiger partial charge in [0.1, 0.15) is 17.8 Å². The van der Waals surface area contributed by atoms with Gasteiger partial charge in [0.15, 0.2) is 17.3 Å². The second-order valence-electron chi connectivity index (χ2n) is 7.36. The molecule has 2 aliphatic heterocycles. The van der Waals surface area contributed by atoms with Crippen LogP contribution in [0.15, 0.2) is 23.0 Å². The zero-order valence-corrected chi connectivity index (χ0v) is 15.9. The largest absolute Gasteiger partial charge is 0.494 e. The number of alkyl halides is 2. The summed E-state index contributed by atoms with van der Waals surface area (Å²) in [6, 6.07) is 0. The highest BCUT2D eigenvalue weighted by Gasteiger charge is 2.59. The highest BCUT2D eigenvalue weighted by atomic mass is 19.3. The molecule has 1 fully saturated rings. The molecule has 0 aromatic carbocycles. The molecule has 1 saturated heterocycles. The fourth-order valence-corrected chi connectivity index (χ4v) is 3.59. The van der Waals surface area contributed by atoms with Gasteiger partial charge >= 0.3 is 11.9 Å². The van der Waals surface area contributed by atoms with Crippen LogP contribution in [0.2, 0.25) is 0 Å². The molecule has 1 aliphatic carbocycles. The number of carbonyl (C=O) groups excluding carboxylic acids is 3. The number of ether oxygens (including phenoxy) is 3. The number of methoxy groups -OCH3 is 1. The number of Topliss-reactive ketones (excluding diaryl/α,β-unsaturated/α-hetero) is 1. The van der Waals surface area contributed by atoms with Crippen molar-refractivity contribution in [2.45, 2.75) is 69.0 Å². The van der Waals surface area contributed by atoms with Crippen LogP contribution in [0.25, 0.3) is 0 Å². The van der Waals surface area contributed by atoms with Crippen molar-refractivity contribution < 1.29 is 47.6 Å². The van der Waals surface area contributed by atoms with Crippen LogP contribution in [0, 0.1) is 0 Å². The summed E-state index contributed by atoms with van der Waals surface area (Å²) >= 11 is 0. The first-order valence-corrected chi connectivity index (χ1v) is 9.26. The number of hydrogen-bond acceptors (Lipinski definition) is 8. The average Bonchev–Trinajstić information content (AvgIpc) is 3.39. The molecule has 8 nitrogen and oxygen atoms in total. The molecule has 0 spiro atoms. The molecule has 10 heteroatoms. The Labute approximate surface area is 165 Å². The van der Waals surface area contributed by atoms with Gasteiger partial charge in [-0.25, -0.2) is 4.79 Å². The van der Waals surface area contributed by atoms with Gasteiger partial charge in [0.2, 0.25) is 0 Å². The van der Waals surface area contributed by atoms with E-state index in [2.05, 4.69) is 4.74 Å². The van der Waals surface area contributed by atoms with Gasteiger partial charge in [-0.3, -0.25) is 9.59 Å². The molecule has 2 N–H and O–H groups in total. The van der Waals surface area contributed by atoms with Gasteiger partial charge in [-0.05, 0) is 19.8 Å². The van der Waals surface area contributed by atoms with Crippen LogP contribution in [0.5, 0.6) is 0 Å². The molecule has 3 rings (SSSR count). The Bertz CT molecular complexity index is 787. The summed E-state index contributed by atoms with van der Waals surface area (Å²) in [5.74, 6) is -7.55. The Morgan fingerprint density at radius 2 is 1.93 bits per heavy atom. The molecule has 0 unspecified atom stereocenters. The molecule has 2 heterocycles. The first-order valence-electron chi connectivity index (χ1n) is 9.26. The van der Waals surface area contributed by atoms with Crippen LogP contribution in [-0.4, -0.2) is 71.3 Å². The summed E-state index contributed by atoms with van der Waals surface area (Å²) in [5, 5.41) is 20.1. The van der Waals surface area contributed by atoms with Gasteiger partial charge in [-0.2, -0.15) is 8.78 Å². The van der Waals surface area contributed by atoms with E-state index in [9.17, 15) is 33.4 Å². The van der Waals surface area contributed by atoms with Crippen molar-refractivity contribution in [2.24, 2.45) is 0 Å². The van der Waals surface area contributed by atoms with Crippen molar-refractivity contribution >= 4 is 17.5 Å². The molecule has 0 aromatic rings. The number of aliphatic hydroxyl groups excluding tert-OH is 2. The van der Waals surface area contributed by atoms with E-state index in [1.165, 1.54) is 6.92 Å². The number of hydrogen-bond donors (Lipinski definition) is 2. The van der Waals surface area contributed by atoms with E-state index >= 15 is 0 Å². The average molecular weight is 416 g/mol. The van der Waals surface area contributed by atoms with Crippen LogP contribution < -0.4 is 0 Å². The third kappa shape index (κ3) is 4.10. The molecule has 3 aliphatic rings. The summed E-state index contributed by atoms with van der Waals surface area (Å²) in [6.07, 6.45) is -5.75. The van der Waals surface area contributed by atoms with E-state index in [-0.39, 0.29) is 25.7 Å². The van der Waals surface area contributed by atoms with Gasteiger partial charge in [0, 0.05) is 18.9 Å². The Morgan fingerprint density at radius 3 is 2.59 bits per heavy atom. The molecule has 29 heavy (non-hydrogen) atoms. The molecule has 0 amide bonds. The quantitative estimate of drug-likeness (QED) is 0.362. The number of rotatable bonds is 1. The van der Waals surface area contributed by atoms with Crippen molar-refractivity contribution in [3.63, 3.8) is 0 Å². The van der Waals surface area contributed by atoms with E-state index < -0.39 is 70.9 Å². The lowest BCUT2D eigenvalue weighted by Crippen LogP contribution is -2.39. The van der Waals surface area contributed by atoms with Crippen molar-refractivity contribution in [1.82, 2.24) is 0 Å². The first-order chi connectivity index (χ1) is 13.6. The van der Waals surface area contributed by atoms with Crippen molar-refractivity contribution in [3.8, 4) is 0 Å². The number of epoxide rings is 1. The molecule has 0 radical (unpaired) electrons. The molecule has 0 bridgehead atoms. The van der Waals surface area contributed by atoms with Gasteiger partial charge < -0.3 is 24.4 Å². The summed E-state index contributed by atoms with van der Waals surface area (Å²) in [4.78, 5) is 37.0. The topological polar surface area (TPSA) is 123 Å². The minimum atomic E-state index is -3.81. The highest BCUT2D eigenvalue weighted by Crippen LogP contribution is 2.48. The number of esters is 1. The lowest BCUT2D eigenvalue weighted by Gasteiger charge is -2.27. The lowest BCUT2D eigenvalue weighted by atomic mass is 9.87. The number of fused-ring (bicyclic) bond motifs is 2. The SMILES string of the molecule is COC1=CC(=O)C2=C([C@H]3O[C@@H]3C[C@H](O)[C@H](O)C(=O)CCC[C@H](C)OC2=O)C1(F)F. The molecule has 0 saturated carbocycles. The van der Waals surface area contributed by atoms with Crippen molar-refractivity contribution in [2.75, 3.05) is 7.11 Å². The van der Waals surface area contributed by atoms with E-state index in [0.717, 1.165) is 7.11 Å². The zero-order chi connectivity index (χ0) is 21.5. The van der Waals surface area contributed by atoms with Crippen molar-refractivity contribution in [3.05, 3.63) is 23.0 Å². The number of carbonyl (C=O) groups is 3. The normalized spacial score (nSPS) is 35.7. The predicted octanol–water partition coefficient (Wildman–Crippen LogP) is 0.595. The molecular formula is C19H22F2O8. The summed E-state index contributed by atoms with van der Waals surface area (Å²) in [5.41, 5.74) is -1.72. The Hall–Kier alpha value is -2.17. The number of aliphatic hydroxyl groups is 2. The highest BCUT2D eigenvalue weighted by molar-refractivity contribution is 6.23. The van der Waals surface area contributed by atoms with E-state index in [1.807, 2.05) is 0 Å². The standard InChI is InChI=1S/C19H22F2O8/c1-8-4-3-5-9(22)16(25)11(24)6-12-17(29-12)15-14(18(26)28-8)10(23)7-13(27-2)19(15,20)21/h7-8,11-12,16-17,24-25H,3-6H2,1-2H3/t8-,11-,12+,16+,17-/m0/s1. The third-order valence-electron chi connectivity index (χ3n) is 5.23.